The van der Waals surface area contributed by atoms with Gasteiger partial charge in [-0.25, -0.2) is 14.8 Å². The number of aromatic nitrogens is 3. The molecule has 1 amide bonds. The second-order valence-electron chi connectivity index (χ2n) is 5.72. The van der Waals surface area contributed by atoms with Crippen LogP contribution in [0.3, 0.4) is 0 Å². The number of halogens is 1. The van der Waals surface area contributed by atoms with Crippen LogP contribution in [0.1, 0.15) is 12.7 Å². The second kappa shape index (κ2) is 7.77. The number of carbonyl (C=O) groups is 1. The van der Waals surface area contributed by atoms with Gasteiger partial charge in [-0.2, -0.15) is 0 Å². The summed E-state index contributed by atoms with van der Waals surface area (Å²) in [4.78, 5) is 29.0. The van der Waals surface area contributed by atoms with Crippen molar-refractivity contribution >= 4 is 27.8 Å². The Morgan fingerprint density at radius 1 is 1.20 bits per heavy atom. The largest absolute Gasteiger partial charge is 0.450 e. The second-order valence-corrected chi connectivity index (χ2v) is 6.64. The highest BCUT2D eigenvalue weighted by atomic mass is 79.9. The first-order valence-electron chi connectivity index (χ1n) is 8.20. The molecule has 2 aromatic heterocycles. The van der Waals surface area contributed by atoms with E-state index in [0.29, 0.717) is 38.6 Å². The van der Waals surface area contributed by atoms with E-state index in [1.807, 2.05) is 26.0 Å². The minimum atomic E-state index is -0.248. The molecule has 0 saturated carbocycles. The molecule has 0 bridgehead atoms. The van der Waals surface area contributed by atoms with E-state index in [-0.39, 0.29) is 6.09 Å². The molecule has 132 valence electrons. The molecule has 0 aliphatic carbocycles. The van der Waals surface area contributed by atoms with E-state index in [1.54, 1.807) is 17.3 Å². The predicted octanol–water partition coefficient (Wildman–Crippen LogP) is 2.89. The molecule has 1 saturated heterocycles. The van der Waals surface area contributed by atoms with Crippen molar-refractivity contribution in [2.24, 2.45) is 0 Å². The number of anilines is 1. The molecule has 2 aromatic rings. The van der Waals surface area contributed by atoms with Gasteiger partial charge < -0.3 is 14.5 Å². The molecule has 3 rings (SSSR count). The molecule has 1 aliphatic rings. The summed E-state index contributed by atoms with van der Waals surface area (Å²) >= 11 is 3.44. The quantitative estimate of drug-likeness (QED) is 0.781. The number of nitrogens with zero attached hydrogens (tertiary/aromatic N) is 5. The van der Waals surface area contributed by atoms with Gasteiger partial charge in [0.25, 0.3) is 0 Å². The number of rotatable bonds is 3. The van der Waals surface area contributed by atoms with E-state index in [2.05, 4.69) is 35.8 Å². The maximum absolute atomic E-state index is 11.8. The third-order valence-electron chi connectivity index (χ3n) is 3.95. The maximum Gasteiger partial charge on any atom is 0.409 e. The summed E-state index contributed by atoms with van der Waals surface area (Å²) < 4.78 is 5.97. The average Bonchev–Trinajstić information content (AvgIpc) is 2.61. The summed E-state index contributed by atoms with van der Waals surface area (Å²) in [7, 11) is 0. The summed E-state index contributed by atoms with van der Waals surface area (Å²) in [5.41, 5.74) is 1.77. The van der Waals surface area contributed by atoms with Gasteiger partial charge >= 0.3 is 6.09 Å². The number of hydrogen-bond acceptors (Lipinski definition) is 6. The minimum absolute atomic E-state index is 0.248. The molecule has 7 nitrogen and oxygen atoms in total. The van der Waals surface area contributed by atoms with Gasteiger partial charge in [-0.1, -0.05) is 0 Å². The van der Waals surface area contributed by atoms with Gasteiger partial charge in [0, 0.05) is 54.7 Å². The Morgan fingerprint density at radius 3 is 2.64 bits per heavy atom. The van der Waals surface area contributed by atoms with E-state index in [9.17, 15) is 4.79 Å². The molecule has 0 radical (unpaired) electrons. The smallest absolute Gasteiger partial charge is 0.409 e. The monoisotopic (exact) mass is 405 g/mol. The fourth-order valence-electron chi connectivity index (χ4n) is 2.75. The first-order valence-corrected chi connectivity index (χ1v) is 8.99. The molecule has 25 heavy (non-hydrogen) atoms. The summed E-state index contributed by atoms with van der Waals surface area (Å²) in [6.07, 6.45) is 3.28. The lowest BCUT2D eigenvalue weighted by atomic mass is 10.2. The lowest BCUT2D eigenvalue weighted by molar-refractivity contribution is 0.105. The number of pyridine rings is 1. The fourth-order valence-corrected chi connectivity index (χ4v) is 3.11. The van der Waals surface area contributed by atoms with Crippen LogP contribution in [0.15, 0.2) is 29.0 Å². The Balaban J connectivity index is 1.77. The Labute approximate surface area is 155 Å². The van der Waals surface area contributed by atoms with Crippen molar-refractivity contribution in [3.05, 3.63) is 34.8 Å². The molecule has 0 N–H and O–H groups in total. The normalized spacial score (nSPS) is 14.5. The van der Waals surface area contributed by atoms with Gasteiger partial charge in [0.15, 0.2) is 0 Å². The maximum atomic E-state index is 11.8. The summed E-state index contributed by atoms with van der Waals surface area (Å²) in [6.45, 7) is 6.76. The van der Waals surface area contributed by atoms with Crippen molar-refractivity contribution < 1.29 is 9.53 Å². The molecule has 3 heterocycles. The van der Waals surface area contributed by atoms with Crippen LogP contribution in [0, 0.1) is 6.92 Å². The average molecular weight is 406 g/mol. The summed E-state index contributed by atoms with van der Waals surface area (Å²) in [6, 6.07) is 3.95. The zero-order chi connectivity index (χ0) is 17.8. The van der Waals surface area contributed by atoms with Crippen LogP contribution < -0.4 is 4.90 Å². The van der Waals surface area contributed by atoms with Gasteiger partial charge in [-0.3, -0.25) is 4.98 Å². The SMILES string of the molecule is CCOC(=O)N1CCN(c2cc(-c3cncc(Br)c3)nc(C)n2)CC1. The third kappa shape index (κ3) is 4.25. The minimum Gasteiger partial charge on any atom is -0.450 e. The van der Waals surface area contributed by atoms with Crippen molar-refractivity contribution in [2.75, 3.05) is 37.7 Å². The van der Waals surface area contributed by atoms with Crippen molar-refractivity contribution in [3.8, 4) is 11.3 Å². The highest BCUT2D eigenvalue weighted by Crippen LogP contribution is 2.24. The molecule has 1 fully saturated rings. The van der Waals surface area contributed by atoms with Crippen LogP contribution in [-0.4, -0.2) is 58.7 Å². The molecule has 0 aromatic carbocycles. The molecule has 0 unspecified atom stereocenters. The lowest BCUT2D eigenvalue weighted by Crippen LogP contribution is -2.49. The molecular formula is C17H20BrN5O2. The van der Waals surface area contributed by atoms with E-state index < -0.39 is 0 Å². The summed E-state index contributed by atoms with van der Waals surface area (Å²) in [5.74, 6) is 1.58. The number of carbonyl (C=O) groups excluding carboxylic acids is 1. The number of amides is 1. The van der Waals surface area contributed by atoms with E-state index in [0.717, 1.165) is 21.5 Å². The molecular weight excluding hydrogens is 386 g/mol. The number of hydrogen-bond donors (Lipinski definition) is 0. The third-order valence-corrected chi connectivity index (χ3v) is 4.39. The Morgan fingerprint density at radius 2 is 1.96 bits per heavy atom. The Bertz CT molecular complexity index is 762. The van der Waals surface area contributed by atoms with Crippen LogP contribution in [0.5, 0.6) is 0 Å². The Kier molecular flexibility index (Phi) is 5.47. The van der Waals surface area contributed by atoms with Crippen LogP contribution in [-0.2, 0) is 4.74 Å². The van der Waals surface area contributed by atoms with Gasteiger partial charge in [-0.05, 0) is 35.8 Å². The molecule has 8 heteroatoms. The van der Waals surface area contributed by atoms with Crippen LogP contribution in [0.2, 0.25) is 0 Å². The number of ether oxygens (including phenoxy) is 1. The first kappa shape index (κ1) is 17.6. The van der Waals surface area contributed by atoms with Crippen molar-refractivity contribution in [1.82, 2.24) is 19.9 Å². The van der Waals surface area contributed by atoms with Crippen LogP contribution in [0.25, 0.3) is 11.3 Å². The zero-order valence-electron chi connectivity index (χ0n) is 14.3. The van der Waals surface area contributed by atoms with Crippen LogP contribution >= 0.6 is 15.9 Å². The zero-order valence-corrected chi connectivity index (χ0v) is 15.9. The van der Waals surface area contributed by atoms with Gasteiger partial charge in [0.05, 0.1) is 12.3 Å². The van der Waals surface area contributed by atoms with Gasteiger partial charge in [0.1, 0.15) is 11.6 Å². The van der Waals surface area contributed by atoms with Crippen molar-refractivity contribution in [2.45, 2.75) is 13.8 Å². The van der Waals surface area contributed by atoms with Crippen LogP contribution in [0.4, 0.5) is 10.6 Å². The van der Waals surface area contributed by atoms with Crippen molar-refractivity contribution in [1.29, 1.82) is 0 Å². The molecule has 0 spiro atoms. The van der Waals surface area contributed by atoms with Gasteiger partial charge in [-0.15, -0.1) is 0 Å². The van der Waals surface area contributed by atoms with Gasteiger partial charge in [0.2, 0.25) is 0 Å². The van der Waals surface area contributed by atoms with E-state index in [1.165, 1.54) is 0 Å². The first-order chi connectivity index (χ1) is 12.1. The lowest BCUT2D eigenvalue weighted by Gasteiger charge is -2.34. The number of aryl methyl sites for hydroxylation is 1. The number of piperazine rings is 1. The topological polar surface area (TPSA) is 71.5 Å². The molecule has 1 aliphatic heterocycles. The predicted molar refractivity (Wildman–Crippen MR) is 98.5 cm³/mol. The Hall–Kier alpha value is -2.22. The van der Waals surface area contributed by atoms with E-state index in [4.69, 9.17) is 4.74 Å². The highest BCUT2D eigenvalue weighted by Gasteiger charge is 2.23. The highest BCUT2D eigenvalue weighted by molar-refractivity contribution is 9.10. The standard InChI is InChI=1S/C17H20BrN5O2/c1-3-25-17(24)23-6-4-22(5-7-23)16-9-15(20-12(2)21-16)13-8-14(18)11-19-10-13/h8-11H,3-7H2,1-2H3. The van der Waals surface area contributed by atoms with Crippen molar-refractivity contribution in [3.63, 3.8) is 0 Å². The summed E-state index contributed by atoms with van der Waals surface area (Å²) in [5, 5.41) is 0. The molecule has 0 atom stereocenters. The van der Waals surface area contributed by atoms with E-state index >= 15 is 0 Å². The fraction of sp³-hybridized carbons (Fsp3) is 0.412.